The molecule has 2 atom stereocenters. The van der Waals surface area contributed by atoms with E-state index in [0.29, 0.717) is 12.1 Å². The zero-order valence-electron chi connectivity index (χ0n) is 10.0. The second-order valence-electron chi connectivity index (χ2n) is 4.78. The first-order valence-electron chi connectivity index (χ1n) is 6.08. The highest BCUT2D eigenvalue weighted by molar-refractivity contribution is 5.36. The van der Waals surface area contributed by atoms with Gasteiger partial charge in [-0.2, -0.15) is 0 Å². The van der Waals surface area contributed by atoms with Crippen molar-refractivity contribution in [1.29, 1.82) is 0 Å². The van der Waals surface area contributed by atoms with E-state index >= 15 is 0 Å². The molecule has 1 aromatic carbocycles. The largest absolute Gasteiger partial charge is 0.307 e. The summed E-state index contributed by atoms with van der Waals surface area (Å²) >= 11 is 0. The molecule has 0 bridgehead atoms. The van der Waals surface area contributed by atoms with Crippen LogP contribution >= 0.6 is 0 Å². The summed E-state index contributed by atoms with van der Waals surface area (Å²) in [4.78, 5) is 0. The van der Waals surface area contributed by atoms with Crippen LogP contribution in [0.4, 0.5) is 0 Å². The van der Waals surface area contributed by atoms with Crippen molar-refractivity contribution in [1.82, 2.24) is 5.32 Å². The Balaban J connectivity index is 2.30. The second-order valence-corrected chi connectivity index (χ2v) is 4.78. The molecule has 0 aliphatic carbocycles. The molecule has 0 amide bonds. The number of hydrogen-bond acceptors (Lipinski definition) is 1. The molecule has 0 saturated carbocycles. The summed E-state index contributed by atoms with van der Waals surface area (Å²) in [5.74, 6) is 0. The van der Waals surface area contributed by atoms with E-state index in [4.69, 9.17) is 0 Å². The van der Waals surface area contributed by atoms with Gasteiger partial charge in [-0.3, -0.25) is 0 Å². The Morgan fingerprint density at radius 2 is 2.13 bits per heavy atom. The van der Waals surface area contributed by atoms with Crippen LogP contribution in [-0.4, -0.2) is 6.04 Å². The number of hydrogen-bond donors (Lipinski definition) is 1. The summed E-state index contributed by atoms with van der Waals surface area (Å²) in [7, 11) is 0. The van der Waals surface area contributed by atoms with E-state index in [1.165, 1.54) is 30.4 Å². The molecular weight excluding hydrogens is 182 g/mol. The highest BCUT2D eigenvalue weighted by Crippen LogP contribution is 2.26. The van der Waals surface area contributed by atoms with E-state index in [2.05, 4.69) is 44.3 Å². The van der Waals surface area contributed by atoms with Gasteiger partial charge in [0.15, 0.2) is 0 Å². The molecule has 1 heterocycles. The first-order chi connectivity index (χ1) is 7.20. The van der Waals surface area contributed by atoms with Gasteiger partial charge in [0, 0.05) is 12.1 Å². The zero-order valence-corrected chi connectivity index (χ0v) is 10.0. The second kappa shape index (κ2) is 4.36. The molecule has 2 rings (SSSR count). The SMILES string of the molecule is CCCc1ccc2c(c1)CC(C)NC2C. The Hall–Kier alpha value is -0.820. The van der Waals surface area contributed by atoms with Crippen LogP contribution in [0.25, 0.3) is 0 Å². The Bertz CT molecular complexity index is 343. The number of aryl methyl sites for hydroxylation is 1. The number of nitrogens with one attached hydrogen (secondary N) is 1. The maximum Gasteiger partial charge on any atom is 0.0297 e. The minimum absolute atomic E-state index is 0.513. The van der Waals surface area contributed by atoms with Crippen LogP contribution in [0, 0.1) is 0 Å². The Morgan fingerprint density at radius 1 is 1.33 bits per heavy atom. The van der Waals surface area contributed by atoms with Gasteiger partial charge in [-0.15, -0.1) is 0 Å². The lowest BCUT2D eigenvalue weighted by molar-refractivity contribution is 0.445. The predicted molar refractivity (Wildman–Crippen MR) is 65.2 cm³/mol. The Labute approximate surface area is 92.9 Å². The lowest BCUT2D eigenvalue weighted by Crippen LogP contribution is -2.35. The maximum absolute atomic E-state index is 3.59. The Morgan fingerprint density at radius 3 is 2.87 bits per heavy atom. The molecule has 0 radical (unpaired) electrons. The summed E-state index contributed by atoms with van der Waals surface area (Å²) in [5.41, 5.74) is 4.55. The van der Waals surface area contributed by atoms with Gasteiger partial charge in [-0.1, -0.05) is 31.5 Å². The van der Waals surface area contributed by atoms with Gasteiger partial charge in [0.05, 0.1) is 0 Å². The van der Waals surface area contributed by atoms with E-state index in [1.807, 2.05) is 0 Å². The molecule has 82 valence electrons. The summed E-state index contributed by atoms with van der Waals surface area (Å²) in [6, 6.07) is 8.14. The molecule has 0 aromatic heterocycles. The van der Waals surface area contributed by atoms with Crippen molar-refractivity contribution in [3.63, 3.8) is 0 Å². The Kier molecular flexibility index (Phi) is 3.11. The fraction of sp³-hybridized carbons (Fsp3) is 0.571. The monoisotopic (exact) mass is 203 g/mol. The summed E-state index contributed by atoms with van der Waals surface area (Å²) in [5, 5.41) is 3.59. The van der Waals surface area contributed by atoms with Crippen molar-refractivity contribution < 1.29 is 0 Å². The molecule has 2 unspecified atom stereocenters. The highest BCUT2D eigenvalue weighted by Gasteiger charge is 2.20. The van der Waals surface area contributed by atoms with E-state index in [9.17, 15) is 0 Å². The molecule has 1 aliphatic heterocycles. The summed E-state index contributed by atoms with van der Waals surface area (Å²) in [6.07, 6.45) is 3.63. The topological polar surface area (TPSA) is 12.0 Å². The van der Waals surface area contributed by atoms with Crippen molar-refractivity contribution in [3.8, 4) is 0 Å². The quantitative estimate of drug-likeness (QED) is 0.778. The molecule has 1 aromatic rings. The fourth-order valence-corrected chi connectivity index (χ4v) is 2.61. The first kappa shape index (κ1) is 10.7. The van der Waals surface area contributed by atoms with Crippen molar-refractivity contribution in [3.05, 3.63) is 34.9 Å². The van der Waals surface area contributed by atoms with E-state index in [-0.39, 0.29) is 0 Å². The van der Waals surface area contributed by atoms with Crippen molar-refractivity contribution in [2.75, 3.05) is 0 Å². The van der Waals surface area contributed by atoms with Gasteiger partial charge < -0.3 is 5.32 Å². The minimum Gasteiger partial charge on any atom is -0.307 e. The average molecular weight is 203 g/mol. The smallest absolute Gasteiger partial charge is 0.0297 e. The summed E-state index contributed by atoms with van der Waals surface area (Å²) in [6.45, 7) is 6.77. The minimum atomic E-state index is 0.513. The van der Waals surface area contributed by atoms with Crippen molar-refractivity contribution >= 4 is 0 Å². The molecular formula is C14H21N. The van der Waals surface area contributed by atoms with Crippen LogP contribution in [0.1, 0.15) is 49.9 Å². The third-order valence-electron chi connectivity index (χ3n) is 3.27. The summed E-state index contributed by atoms with van der Waals surface area (Å²) < 4.78 is 0. The van der Waals surface area contributed by atoms with Crippen LogP contribution < -0.4 is 5.32 Å². The van der Waals surface area contributed by atoms with Crippen LogP contribution in [0.15, 0.2) is 18.2 Å². The van der Waals surface area contributed by atoms with Crippen LogP contribution in [0.2, 0.25) is 0 Å². The zero-order chi connectivity index (χ0) is 10.8. The molecule has 1 N–H and O–H groups in total. The van der Waals surface area contributed by atoms with Gasteiger partial charge in [0.25, 0.3) is 0 Å². The third-order valence-corrected chi connectivity index (χ3v) is 3.27. The molecule has 1 nitrogen and oxygen atoms in total. The first-order valence-corrected chi connectivity index (χ1v) is 6.08. The van der Waals surface area contributed by atoms with Gasteiger partial charge in [0.1, 0.15) is 0 Å². The highest BCUT2D eigenvalue weighted by atomic mass is 14.9. The molecule has 1 aliphatic rings. The average Bonchev–Trinajstić information content (AvgIpc) is 2.17. The number of benzene rings is 1. The van der Waals surface area contributed by atoms with Crippen molar-refractivity contribution in [2.45, 2.75) is 52.1 Å². The molecule has 0 fully saturated rings. The van der Waals surface area contributed by atoms with Crippen LogP contribution in [0.5, 0.6) is 0 Å². The number of fused-ring (bicyclic) bond motifs is 1. The molecule has 0 spiro atoms. The van der Waals surface area contributed by atoms with E-state index < -0.39 is 0 Å². The predicted octanol–water partition coefficient (Wildman–Crippen LogP) is 3.23. The molecule has 1 heteroatoms. The third kappa shape index (κ3) is 2.23. The molecule has 15 heavy (non-hydrogen) atoms. The lowest BCUT2D eigenvalue weighted by atomic mass is 9.89. The van der Waals surface area contributed by atoms with Gasteiger partial charge in [-0.25, -0.2) is 0 Å². The normalized spacial score (nSPS) is 25.0. The van der Waals surface area contributed by atoms with E-state index in [1.54, 1.807) is 5.56 Å². The van der Waals surface area contributed by atoms with E-state index in [0.717, 1.165) is 0 Å². The van der Waals surface area contributed by atoms with Gasteiger partial charge in [0.2, 0.25) is 0 Å². The van der Waals surface area contributed by atoms with Crippen LogP contribution in [-0.2, 0) is 12.8 Å². The van der Waals surface area contributed by atoms with Gasteiger partial charge >= 0.3 is 0 Å². The van der Waals surface area contributed by atoms with Crippen LogP contribution in [0.3, 0.4) is 0 Å². The van der Waals surface area contributed by atoms with Crippen molar-refractivity contribution in [2.24, 2.45) is 0 Å². The standard InChI is InChI=1S/C14H21N/c1-4-5-12-6-7-14-11(3)15-10(2)8-13(14)9-12/h6-7,9-11,15H,4-5,8H2,1-3H3. The van der Waals surface area contributed by atoms with Gasteiger partial charge in [-0.05, 0) is 43.4 Å². The lowest BCUT2D eigenvalue weighted by Gasteiger charge is -2.29. The fourth-order valence-electron chi connectivity index (χ4n) is 2.61. The maximum atomic E-state index is 3.59. The molecule has 0 saturated heterocycles. The number of rotatable bonds is 2.